The van der Waals surface area contributed by atoms with Crippen molar-refractivity contribution in [2.45, 2.75) is 51.2 Å². The van der Waals surface area contributed by atoms with E-state index < -0.39 is 10.0 Å². The normalized spacial score (nSPS) is 11.8. The summed E-state index contributed by atoms with van der Waals surface area (Å²) >= 11 is 0. The Hall–Kier alpha value is -2.97. The number of nitrogens with zero attached hydrogens (tertiary/aromatic N) is 3. The Morgan fingerprint density at radius 3 is 2.16 bits per heavy atom. The SMILES string of the molecule is CC(C)N(C(C)C)S(=O)(=O)c1ccc(NCc2ccc(Oc3ccccc3)nc2)nc1. The van der Waals surface area contributed by atoms with E-state index >= 15 is 0 Å². The molecule has 1 N–H and O–H groups in total. The van der Waals surface area contributed by atoms with Crippen LogP contribution in [0.15, 0.2) is 71.9 Å². The van der Waals surface area contributed by atoms with Gasteiger partial charge >= 0.3 is 0 Å². The maximum Gasteiger partial charge on any atom is 0.245 e. The van der Waals surface area contributed by atoms with Crippen LogP contribution in [0.5, 0.6) is 11.6 Å². The van der Waals surface area contributed by atoms with Crippen LogP contribution in [0.4, 0.5) is 5.82 Å². The third-order valence-corrected chi connectivity index (χ3v) is 6.80. The zero-order valence-corrected chi connectivity index (χ0v) is 19.0. The molecular formula is C23H28N4O3S. The summed E-state index contributed by atoms with van der Waals surface area (Å²) in [5, 5.41) is 3.18. The van der Waals surface area contributed by atoms with Crippen LogP contribution in [-0.2, 0) is 16.6 Å². The van der Waals surface area contributed by atoms with Gasteiger partial charge in [0.1, 0.15) is 16.5 Å². The maximum atomic E-state index is 12.9. The average Bonchev–Trinajstić information content (AvgIpc) is 2.73. The molecule has 0 bridgehead atoms. The molecule has 0 spiro atoms. The minimum atomic E-state index is -3.59. The van der Waals surface area contributed by atoms with Crippen molar-refractivity contribution in [3.63, 3.8) is 0 Å². The number of benzene rings is 1. The van der Waals surface area contributed by atoms with Crippen molar-refractivity contribution >= 4 is 15.8 Å². The lowest BCUT2D eigenvalue weighted by Crippen LogP contribution is -2.41. The zero-order valence-electron chi connectivity index (χ0n) is 18.2. The fraction of sp³-hybridized carbons (Fsp3) is 0.304. The standard InChI is InChI=1S/C23H28N4O3S/c1-17(2)27(18(3)4)31(28,29)21-11-12-22(25-16-21)24-14-19-10-13-23(26-15-19)30-20-8-6-5-7-9-20/h5-13,15-18H,14H2,1-4H3,(H,24,25). The molecule has 0 amide bonds. The Morgan fingerprint density at radius 2 is 1.61 bits per heavy atom. The monoisotopic (exact) mass is 440 g/mol. The van der Waals surface area contributed by atoms with Crippen LogP contribution in [0, 0.1) is 0 Å². The highest BCUT2D eigenvalue weighted by molar-refractivity contribution is 7.89. The largest absolute Gasteiger partial charge is 0.439 e. The van der Waals surface area contributed by atoms with E-state index in [0.717, 1.165) is 11.3 Å². The fourth-order valence-electron chi connectivity index (χ4n) is 3.29. The van der Waals surface area contributed by atoms with Gasteiger partial charge in [-0.1, -0.05) is 24.3 Å². The molecule has 0 aliphatic rings. The second-order valence-corrected chi connectivity index (χ2v) is 9.52. The van der Waals surface area contributed by atoms with Gasteiger partial charge in [-0.05, 0) is 57.5 Å². The van der Waals surface area contributed by atoms with Gasteiger partial charge in [0.15, 0.2) is 0 Å². The summed E-state index contributed by atoms with van der Waals surface area (Å²) in [5.74, 6) is 1.83. The molecule has 0 aliphatic heterocycles. The number of hydrogen-bond donors (Lipinski definition) is 1. The lowest BCUT2D eigenvalue weighted by Gasteiger charge is -2.29. The van der Waals surface area contributed by atoms with E-state index in [1.54, 1.807) is 24.4 Å². The van der Waals surface area contributed by atoms with Crippen LogP contribution in [-0.4, -0.2) is 34.8 Å². The molecule has 8 heteroatoms. The summed E-state index contributed by atoms with van der Waals surface area (Å²) < 4.78 is 33.0. The molecule has 0 saturated heterocycles. The van der Waals surface area contributed by atoms with E-state index in [1.165, 1.54) is 10.5 Å². The van der Waals surface area contributed by atoms with E-state index in [9.17, 15) is 8.42 Å². The predicted molar refractivity (Wildman–Crippen MR) is 122 cm³/mol. The summed E-state index contributed by atoms with van der Waals surface area (Å²) in [6.07, 6.45) is 3.12. The van der Waals surface area contributed by atoms with Crippen molar-refractivity contribution in [3.05, 3.63) is 72.6 Å². The Kier molecular flexibility index (Phi) is 7.25. The molecule has 0 unspecified atom stereocenters. The van der Waals surface area contributed by atoms with Crippen LogP contribution >= 0.6 is 0 Å². The van der Waals surface area contributed by atoms with Crippen molar-refractivity contribution in [2.24, 2.45) is 0 Å². The Labute approximate surface area is 184 Å². The van der Waals surface area contributed by atoms with Crippen LogP contribution in [0.1, 0.15) is 33.3 Å². The van der Waals surface area contributed by atoms with Crippen molar-refractivity contribution in [1.29, 1.82) is 0 Å². The average molecular weight is 441 g/mol. The minimum absolute atomic E-state index is 0.135. The van der Waals surface area contributed by atoms with Crippen LogP contribution in [0.3, 0.4) is 0 Å². The summed E-state index contributed by atoms with van der Waals surface area (Å²) in [7, 11) is -3.59. The highest BCUT2D eigenvalue weighted by Gasteiger charge is 2.29. The molecule has 1 aromatic carbocycles. The van der Waals surface area contributed by atoms with Crippen molar-refractivity contribution in [3.8, 4) is 11.6 Å². The van der Waals surface area contributed by atoms with Crippen LogP contribution < -0.4 is 10.1 Å². The number of ether oxygens (including phenoxy) is 1. The smallest absolute Gasteiger partial charge is 0.245 e. The number of aromatic nitrogens is 2. The first-order valence-electron chi connectivity index (χ1n) is 10.2. The number of hydrogen-bond acceptors (Lipinski definition) is 6. The first-order chi connectivity index (χ1) is 14.8. The Morgan fingerprint density at radius 1 is 0.903 bits per heavy atom. The molecule has 31 heavy (non-hydrogen) atoms. The summed E-state index contributed by atoms with van der Waals surface area (Å²) in [6.45, 7) is 7.97. The van der Waals surface area contributed by atoms with Crippen molar-refractivity contribution < 1.29 is 13.2 Å². The van der Waals surface area contributed by atoms with Crippen LogP contribution in [0.25, 0.3) is 0 Å². The first kappa shape index (κ1) is 22.7. The van der Waals surface area contributed by atoms with Gasteiger partial charge in [-0.15, -0.1) is 0 Å². The molecule has 164 valence electrons. The number of sulfonamides is 1. The number of pyridine rings is 2. The van der Waals surface area contributed by atoms with E-state index in [-0.39, 0.29) is 17.0 Å². The minimum Gasteiger partial charge on any atom is -0.439 e. The molecule has 0 atom stereocenters. The molecule has 0 aliphatic carbocycles. The number of rotatable bonds is 9. The third kappa shape index (κ3) is 5.80. The summed E-state index contributed by atoms with van der Waals surface area (Å²) in [6, 6.07) is 16.2. The lowest BCUT2D eigenvalue weighted by atomic mass is 10.3. The van der Waals surface area contributed by atoms with Gasteiger partial charge in [0, 0.05) is 37.1 Å². The maximum absolute atomic E-state index is 12.9. The first-order valence-corrected chi connectivity index (χ1v) is 11.6. The summed E-state index contributed by atoms with van der Waals surface area (Å²) in [5.41, 5.74) is 0.949. The molecule has 7 nitrogen and oxygen atoms in total. The van der Waals surface area contributed by atoms with Crippen molar-refractivity contribution in [2.75, 3.05) is 5.32 Å². The number of anilines is 1. The molecule has 2 aromatic heterocycles. The Bertz CT molecular complexity index is 1060. The molecule has 0 radical (unpaired) electrons. The van der Waals surface area contributed by atoms with Crippen molar-refractivity contribution in [1.82, 2.24) is 14.3 Å². The predicted octanol–water partition coefficient (Wildman–Crippen LogP) is 4.69. The van der Waals surface area contributed by atoms with E-state index in [2.05, 4.69) is 15.3 Å². The van der Waals surface area contributed by atoms with Gasteiger partial charge in [-0.25, -0.2) is 18.4 Å². The second kappa shape index (κ2) is 9.89. The van der Waals surface area contributed by atoms with Gasteiger partial charge in [-0.2, -0.15) is 4.31 Å². The quantitative estimate of drug-likeness (QED) is 0.520. The van der Waals surface area contributed by atoms with Gasteiger partial charge in [0.2, 0.25) is 15.9 Å². The lowest BCUT2D eigenvalue weighted by molar-refractivity contribution is 0.302. The van der Waals surface area contributed by atoms with Gasteiger partial charge in [-0.3, -0.25) is 0 Å². The fourth-order valence-corrected chi connectivity index (χ4v) is 5.07. The van der Waals surface area contributed by atoms with Gasteiger partial charge < -0.3 is 10.1 Å². The van der Waals surface area contributed by atoms with Gasteiger partial charge in [0.25, 0.3) is 0 Å². The summed E-state index contributed by atoms with van der Waals surface area (Å²) in [4.78, 5) is 8.77. The van der Waals surface area contributed by atoms with Crippen LogP contribution in [0.2, 0.25) is 0 Å². The molecule has 3 aromatic rings. The van der Waals surface area contributed by atoms with Gasteiger partial charge in [0.05, 0.1) is 0 Å². The Balaban J connectivity index is 1.61. The topological polar surface area (TPSA) is 84.4 Å². The molecule has 2 heterocycles. The van der Waals surface area contributed by atoms with E-state index in [0.29, 0.717) is 18.2 Å². The van der Waals surface area contributed by atoms with E-state index in [4.69, 9.17) is 4.74 Å². The number of nitrogens with one attached hydrogen (secondary N) is 1. The highest BCUT2D eigenvalue weighted by Crippen LogP contribution is 2.22. The van der Waals surface area contributed by atoms with E-state index in [1.807, 2.05) is 64.1 Å². The molecular weight excluding hydrogens is 412 g/mol. The highest BCUT2D eigenvalue weighted by atomic mass is 32.2. The molecule has 0 fully saturated rings. The second-order valence-electron chi connectivity index (χ2n) is 7.67. The number of para-hydroxylation sites is 1. The third-order valence-electron chi connectivity index (χ3n) is 4.57. The molecule has 3 rings (SSSR count). The molecule has 0 saturated carbocycles. The zero-order chi connectivity index (χ0) is 22.4.